The third-order valence-electron chi connectivity index (χ3n) is 5.40. The summed E-state index contributed by atoms with van der Waals surface area (Å²) in [6.07, 6.45) is 4.59. The van der Waals surface area contributed by atoms with Crippen LogP contribution in [0.15, 0.2) is 67.0 Å². The Morgan fingerprint density at radius 1 is 1.03 bits per heavy atom. The molecule has 31 heavy (non-hydrogen) atoms. The molecule has 0 N–H and O–H groups in total. The van der Waals surface area contributed by atoms with Gasteiger partial charge in [0, 0.05) is 31.9 Å². The molecule has 0 unspecified atom stereocenters. The van der Waals surface area contributed by atoms with Crippen molar-refractivity contribution in [3.8, 4) is 5.75 Å². The van der Waals surface area contributed by atoms with Crippen molar-refractivity contribution >= 4 is 5.91 Å². The first kappa shape index (κ1) is 21.1. The molecule has 0 saturated carbocycles. The highest BCUT2D eigenvalue weighted by Crippen LogP contribution is 2.24. The molecule has 0 fully saturated rings. The average Bonchev–Trinajstić information content (AvgIpc) is 2.77. The number of carbonyl (C=O) groups is 1. The monoisotopic (exact) mass is 416 g/mol. The zero-order valence-electron chi connectivity index (χ0n) is 17.9. The van der Waals surface area contributed by atoms with Gasteiger partial charge in [0.25, 0.3) is 0 Å². The molecule has 0 aliphatic carbocycles. The third kappa shape index (κ3) is 5.92. The summed E-state index contributed by atoms with van der Waals surface area (Å²) in [5, 5.41) is 0. The number of amides is 1. The summed E-state index contributed by atoms with van der Waals surface area (Å²) >= 11 is 0. The summed E-state index contributed by atoms with van der Waals surface area (Å²) in [5.74, 6) is 0.983. The normalized spacial score (nSPS) is 14.8. The van der Waals surface area contributed by atoms with Crippen LogP contribution in [0.25, 0.3) is 0 Å². The van der Waals surface area contributed by atoms with Gasteiger partial charge in [-0.1, -0.05) is 48.0 Å². The Balaban J connectivity index is 1.57. The van der Waals surface area contributed by atoms with Crippen molar-refractivity contribution in [2.45, 2.75) is 26.3 Å². The lowest BCUT2D eigenvalue weighted by atomic mass is 10.00. The topological polar surface area (TPSA) is 51.7 Å². The smallest absolute Gasteiger partial charge is 0.227 e. The van der Waals surface area contributed by atoms with Gasteiger partial charge in [-0.15, -0.1) is 0 Å². The van der Waals surface area contributed by atoms with E-state index in [2.05, 4.69) is 48.3 Å². The summed E-state index contributed by atoms with van der Waals surface area (Å²) in [5.41, 5.74) is 5.62. The maximum absolute atomic E-state index is 13.0. The minimum absolute atomic E-state index is 0.0753. The molecule has 3 aromatic rings. The van der Waals surface area contributed by atoms with E-state index >= 15 is 0 Å². The van der Waals surface area contributed by atoms with Gasteiger partial charge in [0.1, 0.15) is 12.4 Å². The maximum Gasteiger partial charge on any atom is 0.227 e. The predicted octanol–water partition coefficient (Wildman–Crippen LogP) is 3.96. The molecule has 0 saturated heterocycles. The highest BCUT2D eigenvalue weighted by atomic mass is 16.5. The van der Waals surface area contributed by atoms with Crippen LogP contribution in [0, 0.1) is 6.92 Å². The van der Waals surface area contributed by atoms with Gasteiger partial charge in [-0.3, -0.25) is 9.78 Å². The van der Waals surface area contributed by atoms with Crippen LogP contribution in [-0.4, -0.2) is 42.2 Å². The fraction of sp³-hybridized carbons (Fsp3) is 0.308. The first-order valence-electron chi connectivity index (χ1n) is 10.7. The van der Waals surface area contributed by atoms with E-state index in [4.69, 9.17) is 9.47 Å². The van der Waals surface area contributed by atoms with E-state index in [0.717, 1.165) is 23.3 Å². The Morgan fingerprint density at radius 3 is 2.81 bits per heavy atom. The molecule has 5 heteroatoms. The van der Waals surface area contributed by atoms with Crippen LogP contribution in [-0.2, 0) is 28.9 Å². The van der Waals surface area contributed by atoms with Crippen molar-refractivity contribution in [3.05, 3.63) is 94.8 Å². The first-order chi connectivity index (χ1) is 15.2. The lowest BCUT2D eigenvalue weighted by Crippen LogP contribution is -2.35. The fourth-order valence-electron chi connectivity index (χ4n) is 3.83. The Hall–Kier alpha value is -3.18. The molecule has 1 amide bonds. The largest absolute Gasteiger partial charge is 0.491 e. The second-order valence-electron chi connectivity index (χ2n) is 7.92. The van der Waals surface area contributed by atoms with E-state index in [0.29, 0.717) is 39.3 Å². The SMILES string of the molecule is Cc1ccc2c(c1)Cc1cccc(c1)CN(C(=O)Cc1cccnc1)CCOCCO2. The summed E-state index contributed by atoms with van der Waals surface area (Å²) in [7, 11) is 0. The minimum Gasteiger partial charge on any atom is -0.491 e. The van der Waals surface area contributed by atoms with Crippen molar-refractivity contribution in [1.29, 1.82) is 0 Å². The van der Waals surface area contributed by atoms with Crippen LogP contribution in [0.5, 0.6) is 5.75 Å². The standard InChI is InChI=1S/C26H28N2O3/c1-20-7-8-25-24(14-20)16-21-4-2-5-23(15-21)19-28(10-11-30-12-13-31-25)26(29)17-22-6-3-9-27-18-22/h2-9,14-15,18H,10-13,16-17,19H2,1H3. The first-order valence-corrected chi connectivity index (χ1v) is 10.7. The summed E-state index contributed by atoms with van der Waals surface area (Å²) in [6, 6.07) is 18.5. The molecule has 160 valence electrons. The van der Waals surface area contributed by atoms with Gasteiger partial charge in [-0.25, -0.2) is 0 Å². The van der Waals surface area contributed by atoms with E-state index in [-0.39, 0.29) is 5.91 Å². The summed E-state index contributed by atoms with van der Waals surface area (Å²) < 4.78 is 11.8. The van der Waals surface area contributed by atoms with E-state index in [1.165, 1.54) is 16.7 Å². The predicted molar refractivity (Wildman–Crippen MR) is 120 cm³/mol. The highest BCUT2D eigenvalue weighted by molar-refractivity contribution is 5.78. The average molecular weight is 417 g/mol. The second kappa shape index (κ2) is 10.2. The number of aryl methyl sites for hydroxylation is 1. The van der Waals surface area contributed by atoms with Gasteiger partial charge in [0.05, 0.1) is 19.6 Å². The zero-order chi connectivity index (χ0) is 21.5. The molecule has 2 heterocycles. The number of fused-ring (bicyclic) bond motifs is 3. The van der Waals surface area contributed by atoms with Gasteiger partial charge < -0.3 is 14.4 Å². The number of nitrogens with zero attached hydrogens (tertiary/aromatic N) is 2. The quantitative estimate of drug-likeness (QED) is 0.635. The minimum atomic E-state index is 0.0753. The molecule has 1 aliphatic heterocycles. The van der Waals surface area contributed by atoms with E-state index in [1.54, 1.807) is 12.4 Å². The third-order valence-corrected chi connectivity index (χ3v) is 5.40. The molecule has 2 aromatic carbocycles. The molecule has 0 radical (unpaired) electrons. The molecule has 4 rings (SSSR count). The maximum atomic E-state index is 13.0. The molecular formula is C26H28N2O3. The van der Waals surface area contributed by atoms with Gasteiger partial charge in [0.15, 0.2) is 0 Å². The number of hydrogen-bond acceptors (Lipinski definition) is 4. The van der Waals surface area contributed by atoms with Gasteiger partial charge in [-0.2, -0.15) is 0 Å². The second-order valence-corrected chi connectivity index (χ2v) is 7.92. The molecule has 2 bridgehead atoms. The highest BCUT2D eigenvalue weighted by Gasteiger charge is 2.16. The van der Waals surface area contributed by atoms with E-state index < -0.39 is 0 Å². The Morgan fingerprint density at radius 2 is 1.94 bits per heavy atom. The van der Waals surface area contributed by atoms with Crippen LogP contribution in [0.4, 0.5) is 0 Å². The van der Waals surface area contributed by atoms with Crippen LogP contribution >= 0.6 is 0 Å². The Labute approximate surface area is 183 Å². The van der Waals surface area contributed by atoms with Crippen molar-refractivity contribution in [3.63, 3.8) is 0 Å². The number of carbonyl (C=O) groups excluding carboxylic acids is 1. The van der Waals surface area contributed by atoms with Crippen LogP contribution in [0.1, 0.15) is 27.8 Å². The molecule has 0 spiro atoms. The number of hydrogen-bond donors (Lipinski definition) is 0. The van der Waals surface area contributed by atoms with E-state index in [1.807, 2.05) is 23.1 Å². The molecule has 1 aliphatic rings. The fourth-order valence-corrected chi connectivity index (χ4v) is 3.83. The summed E-state index contributed by atoms with van der Waals surface area (Å²) in [6.45, 7) is 4.65. The molecule has 0 atom stereocenters. The zero-order valence-corrected chi connectivity index (χ0v) is 17.9. The van der Waals surface area contributed by atoms with Crippen LogP contribution in [0.2, 0.25) is 0 Å². The van der Waals surface area contributed by atoms with Gasteiger partial charge >= 0.3 is 0 Å². The number of rotatable bonds is 2. The summed E-state index contributed by atoms with van der Waals surface area (Å²) in [4.78, 5) is 19.0. The van der Waals surface area contributed by atoms with Crippen LogP contribution < -0.4 is 4.74 Å². The lowest BCUT2D eigenvalue weighted by Gasteiger charge is -2.24. The van der Waals surface area contributed by atoms with Crippen molar-refractivity contribution in [2.24, 2.45) is 0 Å². The van der Waals surface area contributed by atoms with Crippen LogP contribution in [0.3, 0.4) is 0 Å². The van der Waals surface area contributed by atoms with E-state index in [9.17, 15) is 4.79 Å². The van der Waals surface area contributed by atoms with Gasteiger partial charge in [-0.05, 0) is 41.3 Å². The van der Waals surface area contributed by atoms with Crippen molar-refractivity contribution < 1.29 is 14.3 Å². The molecule has 1 aromatic heterocycles. The van der Waals surface area contributed by atoms with Crippen molar-refractivity contribution in [1.82, 2.24) is 9.88 Å². The van der Waals surface area contributed by atoms with Crippen molar-refractivity contribution in [2.75, 3.05) is 26.4 Å². The number of ether oxygens (including phenoxy) is 2. The lowest BCUT2D eigenvalue weighted by molar-refractivity contribution is -0.131. The Bertz CT molecular complexity index is 1020. The molecular weight excluding hydrogens is 388 g/mol. The number of benzene rings is 2. The Kier molecular flexibility index (Phi) is 6.95. The number of aromatic nitrogens is 1. The number of pyridine rings is 1. The molecule has 5 nitrogen and oxygen atoms in total. The van der Waals surface area contributed by atoms with Gasteiger partial charge in [0.2, 0.25) is 5.91 Å².